The van der Waals surface area contributed by atoms with E-state index in [0.29, 0.717) is 11.7 Å². The second-order valence-corrected chi connectivity index (χ2v) is 4.32. The van der Waals surface area contributed by atoms with Crippen LogP contribution in [0.2, 0.25) is 0 Å². The van der Waals surface area contributed by atoms with Crippen LogP contribution in [0.5, 0.6) is 0 Å². The molecule has 106 valence electrons. The van der Waals surface area contributed by atoms with Gasteiger partial charge in [0.2, 0.25) is 5.91 Å². The fourth-order valence-corrected chi connectivity index (χ4v) is 1.81. The van der Waals surface area contributed by atoms with Gasteiger partial charge in [0.05, 0.1) is 0 Å². The van der Waals surface area contributed by atoms with Crippen LogP contribution in [-0.2, 0) is 14.4 Å². The van der Waals surface area contributed by atoms with Crippen LogP contribution in [-0.4, -0.2) is 34.3 Å². The van der Waals surface area contributed by atoms with E-state index in [2.05, 4.69) is 15.5 Å². The lowest BCUT2D eigenvalue weighted by atomic mass is 10.3. The highest BCUT2D eigenvalue weighted by Crippen LogP contribution is 2.17. The summed E-state index contributed by atoms with van der Waals surface area (Å²) in [6, 6.07) is 0. The number of alkyl halides is 1. The van der Waals surface area contributed by atoms with Gasteiger partial charge < -0.3 is 10.2 Å². The van der Waals surface area contributed by atoms with Gasteiger partial charge in [0.25, 0.3) is 5.24 Å². The molecule has 0 saturated heterocycles. The Balaban J connectivity index is 0.00000324. The minimum Gasteiger partial charge on any atom is -0.395 e. The van der Waals surface area contributed by atoms with Gasteiger partial charge in [-0.25, -0.2) is 4.98 Å². The van der Waals surface area contributed by atoms with Crippen molar-refractivity contribution in [3.63, 3.8) is 0 Å². The SMILES string of the molecule is CCON=C(C(=O)Cl)c1csc(NC(=O)CCl)n1.Cl. The van der Waals surface area contributed by atoms with Crippen molar-refractivity contribution in [2.75, 3.05) is 17.8 Å². The summed E-state index contributed by atoms with van der Waals surface area (Å²) < 4.78 is 0. The molecule has 1 N–H and O–H groups in total. The number of nitrogens with one attached hydrogen (secondary N) is 1. The predicted octanol–water partition coefficient (Wildman–Crippen LogP) is 2.25. The second kappa shape index (κ2) is 9.08. The van der Waals surface area contributed by atoms with E-state index in [9.17, 15) is 9.59 Å². The van der Waals surface area contributed by atoms with Crippen LogP contribution in [0, 0.1) is 0 Å². The van der Waals surface area contributed by atoms with Crippen LogP contribution in [0.15, 0.2) is 10.5 Å². The molecule has 10 heteroatoms. The second-order valence-electron chi connectivity index (χ2n) is 2.85. The summed E-state index contributed by atoms with van der Waals surface area (Å²) in [5.74, 6) is -0.568. The van der Waals surface area contributed by atoms with Crippen molar-refractivity contribution in [2.24, 2.45) is 5.16 Å². The standard InChI is InChI=1S/C9H9Cl2N3O3S.ClH/c1-2-17-14-7(8(11)16)5-4-18-9(12-5)13-6(15)3-10;/h4H,2-3H2,1H3,(H,12,13,15);1H. The van der Waals surface area contributed by atoms with Crippen molar-refractivity contribution in [1.29, 1.82) is 0 Å². The summed E-state index contributed by atoms with van der Waals surface area (Å²) in [5.41, 5.74) is 0.125. The first kappa shape index (κ1) is 18.1. The zero-order valence-electron chi connectivity index (χ0n) is 9.68. The molecule has 1 amide bonds. The van der Waals surface area contributed by atoms with Crippen LogP contribution in [0.25, 0.3) is 0 Å². The first-order chi connectivity index (χ1) is 8.58. The van der Waals surface area contributed by atoms with Crippen molar-refractivity contribution in [2.45, 2.75) is 6.92 Å². The number of thiazole rings is 1. The number of halogens is 3. The van der Waals surface area contributed by atoms with Crippen LogP contribution >= 0.6 is 46.9 Å². The Morgan fingerprint density at radius 2 is 2.26 bits per heavy atom. The van der Waals surface area contributed by atoms with Gasteiger partial charge in [-0.2, -0.15) is 0 Å². The molecular formula is C9H10Cl3N3O3S. The summed E-state index contributed by atoms with van der Waals surface area (Å²) in [7, 11) is 0. The number of carbonyl (C=O) groups excluding carboxylic acids is 2. The summed E-state index contributed by atoms with van der Waals surface area (Å²) in [4.78, 5) is 30.9. The van der Waals surface area contributed by atoms with Crippen LogP contribution < -0.4 is 5.32 Å². The lowest BCUT2D eigenvalue weighted by molar-refractivity contribution is -0.114. The molecule has 0 aliphatic heterocycles. The molecule has 1 aromatic heterocycles. The number of anilines is 1. The Morgan fingerprint density at radius 3 is 2.79 bits per heavy atom. The van der Waals surface area contributed by atoms with E-state index in [1.165, 1.54) is 5.38 Å². The maximum absolute atomic E-state index is 11.1. The van der Waals surface area contributed by atoms with Gasteiger partial charge in [-0.15, -0.1) is 35.3 Å². The Hall–Kier alpha value is -0.890. The van der Waals surface area contributed by atoms with Gasteiger partial charge in [0.1, 0.15) is 18.2 Å². The number of hydrogen-bond acceptors (Lipinski definition) is 6. The molecule has 1 rings (SSSR count). The average molecular weight is 347 g/mol. The van der Waals surface area contributed by atoms with Gasteiger partial charge >= 0.3 is 0 Å². The molecule has 0 spiro atoms. The number of nitrogens with zero attached hydrogens (tertiary/aromatic N) is 2. The lowest BCUT2D eigenvalue weighted by Crippen LogP contribution is -2.14. The molecule has 0 aromatic carbocycles. The smallest absolute Gasteiger partial charge is 0.276 e. The van der Waals surface area contributed by atoms with Crippen LogP contribution in [0.1, 0.15) is 12.6 Å². The third kappa shape index (κ3) is 5.73. The number of oxime groups is 1. The molecule has 0 radical (unpaired) electrons. The van der Waals surface area contributed by atoms with Crippen LogP contribution in [0.3, 0.4) is 0 Å². The van der Waals surface area contributed by atoms with Gasteiger partial charge in [-0.05, 0) is 18.5 Å². The summed E-state index contributed by atoms with van der Waals surface area (Å²) in [6.07, 6.45) is 0. The maximum Gasteiger partial charge on any atom is 0.276 e. The molecule has 0 aliphatic rings. The Kier molecular flexibility index (Phi) is 8.66. The predicted molar refractivity (Wildman–Crippen MR) is 77.7 cm³/mol. The minimum atomic E-state index is -0.788. The third-order valence-electron chi connectivity index (χ3n) is 1.59. The quantitative estimate of drug-likeness (QED) is 0.371. The fourth-order valence-electron chi connectivity index (χ4n) is 0.905. The van der Waals surface area contributed by atoms with Crippen LogP contribution in [0.4, 0.5) is 5.13 Å². The van der Waals surface area contributed by atoms with E-state index in [1.54, 1.807) is 6.92 Å². The van der Waals surface area contributed by atoms with E-state index in [-0.39, 0.29) is 29.7 Å². The molecular weight excluding hydrogens is 337 g/mol. The first-order valence-electron chi connectivity index (χ1n) is 4.80. The molecule has 0 unspecified atom stereocenters. The van der Waals surface area contributed by atoms with Gasteiger partial charge in [-0.1, -0.05) is 5.16 Å². The maximum atomic E-state index is 11.1. The van der Waals surface area contributed by atoms with E-state index in [4.69, 9.17) is 28.0 Å². The zero-order chi connectivity index (χ0) is 13.5. The largest absolute Gasteiger partial charge is 0.395 e. The first-order valence-corrected chi connectivity index (χ1v) is 6.59. The number of amides is 1. The Bertz CT molecular complexity index is 478. The molecule has 1 heterocycles. The molecule has 0 bridgehead atoms. The normalized spacial score (nSPS) is 10.6. The molecule has 0 fully saturated rings. The summed E-state index contributed by atoms with van der Waals surface area (Å²) in [5, 5.41) is 7.06. The molecule has 19 heavy (non-hydrogen) atoms. The van der Waals surface area contributed by atoms with Crippen molar-refractivity contribution in [3.05, 3.63) is 11.1 Å². The van der Waals surface area contributed by atoms with Gasteiger partial charge in [-0.3, -0.25) is 9.59 Å². The average Bonchev–Trinajstić information content (AvgIpc) is 2.77. The minimum absolute atomic E-state index is 0. The Morgan fingerprint density at radius 1 is 1.58 bits per heavy atom. The fraction of sp³-hybridized carbons (Fsp3) is 0.333. The van der Waals surface area contributed by atoms with Crippen molar-refractivity contribution < 1.29 is 14.4 Å². The highest BCUT2D eigenvalue weighted by atomic mass is 35.5. The van der Waals surface area contributed by atoms with E-state index in [1.807, 2.05) is 0 Å². The van der Waals surface area contributed by atoms with E-state index >= 15 is 0 Å². The number of carbonyl (C=O) groups is 2. The van der Waals surface area contributed by atoms with Crippen molar-refractivity contribution in [3.8, 4) is 0 Å². The molecule has 6 nitrogen and oxygen atoms in total. The van der Waals surface area contributed by atoms with Gasteiger partial charge in [0, 0.05) is 5.38 Å². The molecule has 1 aromatic rings. The zero-order valence-corrected chi connectivity index (χ0v) is 12.8. The molecule has 0 aliphatic carbocycles. The summed E-state index contributed by atoms with van der Waals surface area (Å²) >= 11 is 11.8. The van der Waals surface area contributed by atoms with Gasteiger partial charge in [0.15, 0.2) is 10.8 Å². The number of aromatic nitrogens is 1. The van der Waals surface area contributed by atoms with Crippen molar-refractivity contribution in [1.82, 2.24) is 4.98 Å². The highest BCUT2D eigenvalue weighted by molar-refractivity contribution is 7.14. The summed E-state index contributed by atoms with van der Waals surface area (Å²) in [6.45, 7) is 2.01. The third-order valence-corrected chi connectivity index (χ3v) is 2.77. The van der Waals surface area contributed by atoms with E-state index < -0.39 is 11.1 Å². The van der Waals surface area contributed by atoms with E-state index in [0.717, 1.165) is 11.3 Å². The molecule has 0 saturated carbocycles. The molecule has 0 atom stereocenters. The topological polar surface area (TPSA) is 80.6 Å². The number of rotatable bonds is 6. The van der Waals surface area contributed by atoms with Crippen molar-refractivity contribution >= 4 is 68.9 Å². The highest BCUT2D eigenvalue weighted by Gasteiger charge is 2.17. The monoisotopic (exact) mass is 345 g/mol. The lowest BCUT2D eigenvalue weighted by Gasteiger charge is -1.98. The number of hydrogen-bond donors (Lipinski definition) is 1. The Labute approximate surface area is 129 Å².